The van der Waals surface area contributed by atoms with E-state index in [4.69, 9.17) is 4.52 Å². The Morgan fingerprint density at radius 2 is 2.00 bits per heavy atom. The van der Waals surface area contributed by atoms with E-state index in [1.165, 1.54) is 16.8 Å². The van der Waals surface area contributed by atoms with E-state index in [1.54, 1.807) is 7.05 Å². The largest absolute Gasteiger partial charge is 0.370 e. The lowest BCUT2D eigenvalue weighted by molar-refractivity contribution is 0.391. The van der Waals surface area contributed by atoms with Crippen LogP contribution in [0.15, 0.2) is 33.8 Å². The minimum atomic E-state index is 0. The predicted molar refractivity (Wildman–Crippen MR) is 128 cm³/mol. The lowest BCUT2D eigenvalue weighted by Crippen LogP contribution is -2.42. The Morgan fingerprint density at radius 1 is 1.25 bits per heavy atom. The van der Waals surface area contributed by atoms with Gasteiger partial charge in [0.15, 0.2) is 5.96 Å². The first-order valence-electron chi connectivity index (χ1n) is 9.65. The van der Waals surface area contributed by atoms with Crippen molar-refractivity contribution in [1.82, 2.24) is 15.8 Å². The number of aryl methyl sites for hydroxylation is 3. The molecule has 156 valence electrons. The molecule has 7 heteroatoms. The molecule has 6 nitrogen and oxygen atoms in total. The Hall–Kier alpha value is -1.77. The first-order chi connectivity index (χ1) is 13.0. The van der Waals surface area contributed by atoms with E-state index in [2.05, 4.69) is 70.7 Å². The minimum Gasteiger partial charge on any atom is -0.370 e. The van der Waals surface area contributed by atoms with Crippen molar-refractivity contribution >= 4 is 35.6 Å². The third-order valence-electron chi connectivity index (χ3n) is 4.80. The molecule has 0 bridgehead atoms. The van der Waals surface area contributed by atoms with Gasteiger partial charge >= 0.3 is 0 Å². The zero-order valence-electron chi connectivity index (χ0n) is 17.9. The summed E-state index contributed by atoms with van der Waals surface area (Å²) in [5.74, 6) is 2.00. The number of rotatable bonds is 8. The first kappa shape index (κ1) is 24.3. The van der Waals surface area contributed by atoms with Gasteiger partial charge in [0, 0.05) is 50.4 Å². The normalized spacial score (nSPS) is 12.3. The highest BCUT2D eigenvalue weighted by atomic mass is 127. The van der Waals surface area contributed by atoms with Gasteiger partial charge in [-0.2, -0.15) is 0 Å². The molecule has 0 saturated carbocycles. The van der Waals surface area contributed by atoms with Gasteiger partial charge in [-0.25, -0.2) is 0 Å². The molecule has 0 aliphatic rings. The third-order valence-corrected chi connectivity index (χ3v) is 4.80. The number of halogens is 1. The Bertz CT molecular complexity index is 740. The second kappa shape index (κ2) is 11.9. The molecule has 2 rings (SSSR count). The summed E-state index contributed by atoms with van der Waals surface area (Å²) < 4.78 is 5.27. The zero-order chi connectivity index (χ0) is 19.8. The molecule has 2 N–H and O–H groups in total. The number of nitrogens with zero attached hydrogens (tertiary/aromatic N) is 3. The summed E-state index contributed by atoms with van der Waals surface area (Å²) in [6.45, 7) is 13.9. The van der Waals surface area contributed by atoms with Crippen molar-refractivity contribution in [2.24, 2.45) is 4.99 Å². The van der Waals surface area contributed by atoms with Crippen LogP contribution >= 0.6 is 24.0 Å². The smallest absolute Gasteiger partial charge is 0.191 e. The maximum atomic E-state index is 5.27. The van der Waals surface area contributed by atoms with E-state index in [0.717, 1.165) is 43.6 Å². The van der Waals surface area contributed by atoms with Crippen LogP contribution in [0.25, 0.3) is 0 Å². The van der Waals surface area contributed by atoms with Crippen molar-refractivity contribution in [3.05, 3.63) is 46.8 Å². The van der Waals surface area contributed by atoms with Crippen LogP contribution in [0.5, 0.6) is 0 Å². The second-order valence-corrected chi connectivity index (χ2v) is 6.94. The van der Waals surface area contributed by atoms with Gasteiger partial charge in [-0.15, -0.1) is 24.0 Å². The molecule has 1 atom stereocenters. The lowest BCUT2D eigenvalue weighted by Gasteiger charge is -2.24. The average molecular weight is 499 g/mol. The molecule has 0 aliphatic heterocycles. The van der Waals surface area contributed by atoms with Gasteiger partial charge in [0.05, 0.1) is 5.69 Å². The highest BCUT2D eigenvalue weighted by Crippen LogP contribution is 2.22. The molecule has 0 spiro atoms. The molecule has 0 radical (unpaired) electrons. The van der Waals surface area contributed by atoms with Crippen LogP contribution in [0.2, 0.25) is 0 Å². The summed E-state index contributed by atoms with van der Waals surface area (Å²) in [5, 5.41) is 10.9. The van der Waals surface area contributed by atoms with E-state index < -0.39 is 0 Å². The van der Waals surface area contributed by atoms with Gasteiger partial charge in [-0.05, 0) is 45.4 Å². The number of likely N-dealkylation sites (N-methyl/N-ethyl adjacent to an activating group) is 1. The molecule has 2 aromatic rings. The minimum absolute atomic E-state index is 0. The van der Waals surface area contributed by atoms with E-state index in [0.29, 0.717) is 5.92 Å². The van der Waals surface area contributed by atoms with Gasteiger partial charge in [0.2, 0.25) is 0 Å². The van der Waals surface area contributed by atoms with Crippen LogP contribution in [0, 0.1) is 20.8 Å². The first-order valence-corrected chi connectivity index (χ1v) is 9.65. The summed E-state index contributed by atoms with van der Waals surface area (Å²) in [7, 11) is 1.80. The Labute approximate surface area is 186 Å². The number of benzene rings is 1. The summed E-state index contributed by atoms with van der Waals surface area (Å²) >= 11 is 0. The number of aliphatic imine (C=N–C) groups is 1. The fraction of sp³-hybridized carbons (Fsp3) is 0.524. The number of anilines is 1. The quantitative estimate of drug-likeness (QED) is 0.327. The molecule has 1 aromatic heterocycles. The molecule has 1 heterocycles. The third kappa shape index (κ3) is 6.68. The van der Waals surface area contributed by atoms with Crippen LogP contribution < -0.4 is 15.5 Å². The number of hydrogen-bond acceptors (Lipinski definition) is 4. The molecule has 0 aliphatic carbocycles. The maximum Gasteiger partial charge on any atom is 0.191 e. The lowest BCUT2D eigenvalue weighted by atomic mass is 10.00. The number of guanidine groups is 1. The standard InChI is InChI=1S/C21H33N5O.HI/c1-7-26(19-10-8-9-15(2)13-19)12-11-23-21(22-6)24-14-16(3)20-17(4)25-27-18(20)5;/h8-10,13,16H,7,11-12,14H2,1-6H3,(H2,22,23,24);1H. The zero-order valence-corrected chi connectivity index (χ0v) is 20.2. The van der Waals surface area contributed by atoms with Crippen molar-refractivity contribution in [2.45, 2.75) is 40.5 Å². The van der Waals surface area contributed by atoms with E-state index in [-0.39, 0.29) is 24.0 Å². The van der Waals surface area contributed by atoms with Crippen molar-refractivity contribution in [3.63, 3.8) is 0 Å². The molecule has 0 saturated heterocycles. The number of nitrogens with one attached hydrogen (secondary N) is 2. The average Bonchev–Trinajstić information content (AvgIpc) is 2.99. The van der Waals surface area contributed by atoms with E-state index >= 15 is 0 Å². The van der Waals surface area contributed by atoms with Crippen LogP contribution in [0.3, 0.4) is 0 Å². The summed E-state index contributed by atoms with van der Waals surface area (Å²) in [4.78, 5) is 6.69. The highest BCUT2D eigenvalue weighted by molar-refractivity contribution is 14.0. The van der Waals surface area contributed by atoms with E-state index in [9.17, 15) is 0 Å². The summed E-state index contributed by atoms with van der Waals surface area (Å²) in [5.41, 5.74) is 4.68. The van der Waals surface area contributed by atoms with Gasteiger partial charge in [0.25, 0.3) is 0 Å². The van der Waals surface area contributed by atoms with Crippen LogP contribution in [0.4, 0.5) is 5.69 Å². The van der Waals surface area contributed by atoms with Gasteiger partial charge in [-0.3, -0.25) is 4.99 Å². The summed E-state index contributed by atoms with van der Waals surface area (Å²) in [6, 6.07) is 8.62. The van der Waals surface area contributed by atoms with Crippen molar-refractivity contribution < 1.29 is 4.52 Å². The van der Waals surface area contributed by atoms with Gasteiger partial charge in [0.1, 0.15) is 5.76 Å². The number of aromatic nitrogens is 1. The summed E-state index contributed by atoms with van der Waals surface area (Å²) in [6.07, 6.45) is 0. The van der Waals surface area contributed by atoms with Gasteiger partial charge in [-0.1, -0.05) is 24.2 Å². The highest BCUT2D eigenvalue weighted by Gasteiger charge is 2.16. The number of hydrogen-bond donors (Lipinski definition) is 2. The van der Waals surface area contributed by atoms with Crippen LogP contribution in [-0.2, 0) is 0 Å². The molecular weight excluding hydrogens is 465 g/mol. The predicted octanol–water partition coefficient (Wildman–Crippen LogP) is 4.01. The Morgan fingerprint density at radius 3 is 2.57 bits per heavy atom. The van der Waals surface area contributed by atoms with Gasteiger partial charge < -0.3 is 20.1 Å². The van der Waals surface area contributed by atoms with Crippen LogP contribution in [0.1, 0.15) is 42.3 Å². The topological polar surface area (TPSA) is 65.7 Å². The maximum absolute atomic E-state index is 5.27. The fourth-order valence-electron chi connectivity index (χ4n) is 3.37. The monoisotopic (exact) mass is 499 g/mol. The molecule has 1 unspecified atom stereocenters. The Kier molecular flexibility index (Phi) is 10.3. The van der Waals surface area contributed by atoms with E-state index in [1.807, 2.05) is 13.8 Å². The van der Waals surface area contributed by atoms with Crippen molar-refractivity contribution in [1.29, 1.82) is 0 Å². The molecule has 28 heavy (non-hydrogen) atoms. The molecule has 1 aromatic carbocycles. The molecule has 0 amide bonds. The second-order valence-electron chi connectivity index (χ2n) is 6.94. The molecule has 0 fully saturated rings. The Balaban J connectivity index is 0.00000392. The SMILES string of the molecule is CCN(CCNC(=NC)NCC(C)c1c(C)noc1C)c1cccc(C)c1.I. The van der Waals surface area contributed by atoms with Crippen molar-refractivity contribution in [3.8, 4) is 0 Å². The van der Waals surface area contributed by atoms with Crippen molar-refractivity contribution in [2.75, 3.05) is 38.1 Å². The van der Waals surface area contributed by atoms with Crippen LogP contribution in [-0.4, -0.2) is 44.3 Å². The fourth-order valence-corrected chi connectivity index (χ4v) is 3.37. The molecular formula is C21H34IN5O.